The van der Waals surface area contributed by atoms with Gasteiger partial charge in [-0.25, -0.2) is 13.9 Å². The van der Waals surface area contributed by atoms with Crippen LogP contribution in [-0.4, -0.2) is 50.9 Å². The summed E-state index contributed by atoms with van der Waals surface area (Å²) in [4.78, 5) is 18.4. The van der Waals surface area contributed by atoms with E-state index in [2.05, 4.69) is 16.1 Å². The van der Waals surface area contributed by atoms with Crippen molar-refractivity contribution in [3.05, 3.63) is 77.5 Å². The Hall–Kier alpha value is -4.49. The summed E-state index contributed by atoms with van der Waals surface area (Å²) in [5.74, 6) is 0.403. The molecule has 200 valence electrons. The Balaban J connectivity index is 1.36. The van der Waals surface area contributed by atoms with Crippen LogP contribution in [0.1, 0.15) is 54.1 Å². The van der Waals surface area contributed by atoms with Crippen molar-refractivity contribution in [1.82, 2.24) is 14.6 Å². The standard InChI is InChI=1S/C29H29FN6O3/c1-29(2,38)17-39-22-12-24(27-21(13-31)15-34-36(27)16-22)20-4-6-26(33-14-20)35-9-7-18(8-10-35)23-11-19(28(32)37)3-5-25(23)30/h3-6,11-12,14-16,18,38H,7-10,17H2,1-2H3,(H2,32,37). The summed E-state index contributed by atoms with van der Waals surface area (Å²) >= 11 is 0. The van der Waals surface area contributed by atoms with E-state index < -0.39 is 11.5 Å². The number of pyridine rings is 2. The monoisotopic (exact) mass is 528 g/mol. The smallest absolute Gasteiger partial charge is 0.248 e. The zero-order valence-corrected chi connectivity index (χ0v) is 21.8. The van der Waals surface area contributed by atoms with Crippen LogP contribution >= 0.6 is 0 Å². The Morgan fingerprint density at radius 1 is 1.23 bits per heavy atom. The molecule has 1 saturated heterocycles. The highest BCUT2D eigenvalue weighted by atomic mass is 19.1. The molecule has 0 unspecified atom stereocenters. The quantitative estimate of drug-likeness (QED) is 0.370. The molecule has 4 heterocycles. The Morgan fingerprint density at radius 3 is 2.64 bits per heavy atom. The molecule has 0 saturated carbocycles. The van der Waals surface area contributed by atoms with Crippen molar-refractivity contribution in [2.24, 2.45) is 5.73 Å². The summed E-state index contributed by atoms with van der Waals surface area (Å²) in [6, 6.07) is 12.2. The highest BCUT2D eigenvalue weighted by Gasteiger charge is 2.25. The van der Waals surface area contributed by atoms with Crippen LogP contribution in [0.5, 0.6) is 5.75 Å². The number of anilines is 1. The lowest BCUT2D eigenvalue weighted by Gasteiger charge is -2.33. The van der Waals surface area contributed by atoms with Gasteiger partial charge in [-0.2, -0.15) is 10.4 Å². The van der Waals surface area contributed by atoms with E-state index in [-0.39, 0.29) is 18.3 Å². The van der Waals surface area contributed by atoms with Gasteiger partial charge in [-0.1, -0.05) is 0 Å². The molecule has 1 fully saturated rings. The number of fused-ring (bicyclic) bond motifs is 1. The maximum Gasteiger partial charge on any atom is 0.248 e. The third-order valence-corrected chi connectivity index (χ3v) is 6.90. The minimum atomic E-state index is -1.01. The third-order valence-electron chi connectivity index (χ3n) is 6.90. The van der Waals surface area contributed by atoms with E-state index in [4.69, 9.17) is 15.5 Å². The number of nitriles is 1. The number of aromatic nitrogens is 3. The molecule has 1 aliphatic heterocycles. The number of nitrogens with zero attached hydrogens (tertiary/aromatic N) is 5. The minimum absolute atomic E-state index is 0.00832. The van der Waals surface area contributed by atoms with Crippen LogP contribution in [0.2, 0.25) is 0 Å². The van der Waals surface area contributed by atoms with E-state index in [1.165, 1.54) is 18.3 Å². The molecule has 3 N–H and O–H groups in total. The molecule has 5 rings (SSSR count). The first kappa shape index (κ1) is 26.1. The van der Waals surface area contributed by atoms with Crippen molar-refractivity contribution in [2.75, 3.05) is 24.6 Å². The van der Waals surface area contributed by atoms with Gasteiger partial charge in [0.2, 0.25) is 5.91 Å². The van der Waals surface area contributed by atoms with Crippen LogP contribution in [0.25, 0.3) is 16.6 Å². The van der Waals surface area contributed by atoms with Crippen LogP contribution < -0.4 is 15.4 Å². The van der Waals surface area contributed by atoms with Crippen molar-refractivity contribution in [3.63, 3.8) is 0 Å². The fourth-order valence-electron chi connectivity index (χ4n) is 4.90. The first-order valence-electron chi connectivity index (χ1n) is 12.7. The van der Waals surface area contributed by atoms with Crippen molar-refractivity contribution < 1.29 is 19.0 Å². The van der Waals surface area contributed by atoms with E-state index in [1.54, 1.807) is 36.8 Å². The van der Waals surface area contributed by atoms with Crippen molar-refractivity contribution in [3.8, 4) is 22.9 Å². The number of nitrogens with two attached hydrogens (primary N) is 1. The van der Waals surface area contributed by atoms with Gasteiger partial charge in [-0.15, -0.1) is 0 Å². The number of piperidine rings is 1. The number of halogens is 1. The molecule has 0 spiro atoms. The number of hydrogen-bond acceptors (Lipinski definition) is 7. The molecule has 0 atom stereocenters. The summed E-state index contributed by atoms with van der Waals surface area (Å²) < 4.78 is 21.9. The molecule has 1 amide bonds. The Labute approximate surface area is 225 Å². The predicted octanol–water partition coefficient (Wildman–Crippen LogP) is 4.04. The summed E-state index contributed by atoms with van der Waals surface area (Å²) in [7, 11) is 0. The fraction of sp³-hybridized carbons (Fsp3) is 0.310. The summed E-state index contributed by atoms with van der Waals surface area (Å²) in [6.45, 7) is 4.78. The van der Waals surface area contributed by atoms with Crippen LogP contribution in [0.4, 0.5) is 10.2 Å². The zero-order chi connectivity index (χ0) is 27.7. The molecule has 3 aromatic heterocycles. The van der Waals surface area contributed by atoms with Crippen molar-refractivity contribution in [2.45, 2.75) is 38.2 Å². The molecule has 9 nitrogen and oxygen atoms in total. The number of ether oxygens (including phenoxy) is 1. The number of carbonyl (C=O) groups excluding carboxylic acids is 1. The Kier molecular flexibility index (Phi) is 6.93. The van der Waals surface area contributed by atoms with Gasteiger partial charge < -0.3 is 20.5 Å². The maximum absolute atomic E-state index is 14.5. The van der Waals surface area contributed by atoms with Gasteiger partial charge in [0.05, 0.1) is 29.1 Å². The number of carbonyl (C=O) groups is 1. The molecule has 4 aromatic rings. The first-order valence-corrected chi connectivity index (χ1v) is 12.7. The normalized spacial score (nSPS) is 14.4. The summed E-state index contributed by atoms with van der Waals surface area (Å²) in [6.07, 6.45) is 6.36. The number of rotatable bonds is 7. The highest BCUT2D eigenvalue weighted by molar-refractivity contribution is 5.93. The highest BCUT2D eigenvalue weighted by Crippen LogP contribution is 2.34. The van der Waals surface area contributed by atoms with Gasteiger partial charge in [0.1, 0.15) is 30.1 Å². The lowest BCUT2D eigenvalue weighted by molar-refractivity contribution is 0.0283. The zero-order valence-electron chi connectivity index (χ0n) is 21.8. The predicted molar refractivity (Wildman–Crippen MR) is 144 cm³/mol. The number of hydrogen-bond donors (Lipinski definition) is 2. The van der Waals surface area contributed by atoms with Crippen molar-refractivity contribution in [1.29, 1.82) is 5.26 Å². The number of primary amides is 1. The van der Waals surface area contributed by atoms with Gasteiger partial charge in [-0.05, 0) is 74.6 Å². The Morgan fingerprint density at radius 2 is 2.00 bits per heavy atom. The molecule has 0 aliphatic carbocycles. The van der Waals surface area contributed by atoms with E-state index in [0.29, 0.717) is 53.9 Å². The second-order valence-corrected chi connectivity index (χ2v) is 10.4. The second-order valence-electron chi connectivity index (χ2n) is 10.4. The minimum Gasteiger partial charge on any atom is -0.489 e. The largest absolute Gasteiger partial charge is 0.489 e. The molecule has 39 heavy (non-hydrogen) atoms. The first-order chi connectivity index (χ1) is 18.6. The molecule has 0 radical (unpaired) electrons. The number of amides is 1. The molecular weight excluding hydrogens is 499 g/mol. The van der Waals surface area contributed by atoms with Gasteiger partial charge in [-0.3, -0.25) is 4.79 Å². The summed E-state index contributed by atoms with van der Waals surface area (Å²) in [5.41, 5.74) is 7.80. The average Bonchev–Trinajstić information content (AvgIpc) is 3.35. The van der Waals surface area contributed by atoms with E-state index in [9.17, 15) is 19.6 Å². The van der Waals surface area contributed by atoms with Crippen LogP contribution in [0.3, 0.4) is 0 Å². The molecule has 10 heteroatoms. The van der Waals surface area contributed by atoms with Gasteiger partial charge in [0.15, 0.2) is 0 Å². The van der Waals surface area contributed by atoms with E-state index >= 15 is 0 Å². The molecule has 0 bridgehead atoms. The van der Waals surface area contributed by atoms with E-state index in [0.717, 1.165) is 16.9 Å². The maximum atomic E-state index is 14.5. The fourth-order valence-corrected chi connectivity index (χ4v) is 4.90. The average molecular weight is 529 g/mol. The lowest BCUT2D eigenvalue weighted by atomic mass is 9.88. The van der Waals surface area contributed by atoms with Crippen LogP contribution in [0.15, 0.2) is 55.0 Å². The molecule has 1 aliphatic rings. The van der Waals surface area contributed by atoms with Crippen LogP contribution in [-0.2, 0) is 0 Å². The molecule has 1 aromatic carbocycles. The number of benzene rings is 1. The Bertz CT molecular complexity index is 1560. The van der Waals surface area contributed by atoms with Crippen molar-refractivity contribution >= 4 is 17.2 Å². The topological polar surface area (TPSA) is 130 Å². The lowest BCUT2D eigenvalue weighted by Crippen LogP contribution is -2.33. The van der Waals surface area contributed by atoms with E-state index in [1.807, 2.05) is 18.2 Å². The molecular formula is C29H29FN6O3. The van der Waals surface area contributed by atoms with Gasteiger partial charge in [0.25, 0.3) is 0 Å². The summed E-state index contributed by atoms with van der Waals surface area (Å²) in [5, 5.41) is 24.0. The second kappa shape index (κ2) is 10.3. The van der Waals surface area contributed by atoms with Gasteiger partial charge >= 0.3 is 0 Å². The van der Waals surface area contributed by atoms with Gasteiger partial charge in [0, 0.05) is 36.0 Å². The SMILES string of the molecule is CC(C)(O)COc1cc(-c2ccc(N3CCC(c4cc(C(N)=O)ccc4F)CC3)nc2)c2c(C#N)cnn2c1. The number of aliphatic hydroxyl groups is 1. The third kappa shape index (κ3) is 5.54. The van der Waals surface area contributed by atoms with Crippen LogP contribution in [0, 0.1) is 17.1 Å².